The summed E-state index contributed by atoms with van der Waals surface area (Å²) in [5.74, 6) is 0. The summed E-state index contributed by atoms with van der Waals surface area (Å²) in [7, 11) is 1.77. The van der Waals surface area contributed by atoms with Crippen molar-refractivity contribution in [2.75, 3.05) is 25.6 Å². The fourth-order valence-electron chi connectivity index (χ4n) is 2.25. The molecule has 0 saturated heterocycles. The third-order valence-corrected chi connectivity index (χ3v) is 5.23. The number of hydrogen-bond donors (Lipinski definition) is 1. The summed E-state index contributed by atoms with van der Waals surface area (Å²) in [5, 5.41) is 4.53. The Morgan fingerprint density at radius 2 is 2.32 bits per heavy atom. The molecule has 102 valence electrons. The van der Waals surface area contributed by atoms with Gasteiger partial charge in [0.2, 0.25) is 0 Å². The maximum absolute atomic E-state index is 5.18. The van der Waals surface area contributed by atoms with Crippen LogP contribution in [0.4, 0.5) is 5.13 Å². The lowest BCUT2D eigenvalue weighted by atomic mass is 10.0. The van der Waals surface area contributed by atoms with Gasteiger partial charge in [-0.15, -0.1) is 0 Å². The molecule has 0 spiro atoms. The maximum atomic E-state index is 5.18. The number of nitrogens with zero attached hydrogens (tertiary/aromatic N) is 1. The first-order valence-electron chi connectivity index (χ1n) is 6.50. The number of rotatable bonds is 6. The van der Waals surface area contributed by atoms with E-state index in [0.717, 1.165) is 34.7 Å². The third kappa shape index (κ3) is 3.09. The monoisotopic (exact) mass is 340 g/mol. The summed E-state index contributed by atoms with van der Waals surface area (Å²) in [6, 6.07) is 6.21. The van der Waals surface area contributed by atoms with Crippen LogP contribution in [-0.2, 0) is 4.74 Å². The van der Waals surface area contributed by atoms with E-state index in [0.29, 0.717) is 5.41 Å². The smallest absolute Gasteiger partial charge is 0.183 e. The molecule has 1 aromatic carbocycles. The highest BCUT2D eigenvalue weighted by Crippen LogP contribution is 2.48. The van der Waals surface area contributed by atoms with Gasteiger partial charge in [-0.2, -0.15) is 0 Å². The molecule has 0 bridgehead atoms. The van der Waals surface area contributed by atoms with Gasteiger partial charge < -0.3 is 10.1 Å². The Morgan fingerprint density at radius 1 is 1.47 bits per heavy atom. The van der Waals surface area contributed by atoms with Crippen LogP contribution in [-0.4, -0.2) is 25.2 Å². The van der Waals surface area contributed by atoms with E-state index in [2.05, 4.69) is 38.4 Å². The Hall–Kier alpha value is -0.650. The van der Waals surface area contributed by atoms with Crippen LogP contribution in [0.1, 0.15) is 19.3 Å². The van der Waals surface area contributed by atoms with Crippen molar-refractivity contribution in [1.29, 1.82) is 0 Å². The van der Waals surface area contributed by atoms with Gasteiger partial charge in [0, 0.05) is 24.7 Å². The molecule has 1 aromatic heterocycles. The fraction of sp³-hybridized carbons (Fsp3) is 0.500. The number of nitrogens with one attached hydrogen (secondary N) is 1. The van der Waals surface area contributed by atoms with Crippen molar-refractivity contribution in [3.63, 3.8) is 0 Å². The molecule has 1 heterocycles. The standard InChI is InChI=1S/C14H17BrN2OS/c1-18-7-6-14(4-5-14)9-16-13-17-11-3-2-10(15)8-12(11)19-13/h2-3,8H,4-7,9H2,1H3,(H,16,17). The van der Waals surface area contributed by atoms with E-state index >= 15 is 0 Å². The molecule has 0 aliphatic heterocycles. The zero-order chi connectivity index (χ0) is 13.3. The fourth-order valence-corrected chi connectivity index (χ4v) is 3.66. The van der Waals surface area contributed by atoms with Crippen LogP contribution >= 0.6 is 27.3 Å². The molecule has 3 rings (SSSR count). The van der Waals surface area contributed by atoms with Gasteiger partial charge in [0.05, 0.1) is 10.2 Å². The number of thiazole rings is 1. The Kier molecular flexibility index (Phi) is 3.78. The lowest BCUT2D eigenvalue weighted by Gasteiger charge is -2.14. The first kappa shape index (κ1) is 13.3. The SMILES string of the molecule is COCCC1(CNc2nc3ccc(Br)cc3s2)CC1. The van der Waals surface area contributed by atoms with Crippen LogP contribution in [0.3, 0.4) is 0 Å². The quantitative estimate of drug-likeness (QED) is 0.851. The molecule has 19 heavy (non-hydrogen) atoms. The van der Waals surface area contributed by atoms with E-state index in [9.17, 15) is 0 Å². The minimum Gasteiger partial charge on any atom is -0.385 e. The number of fused-ring (bicyclic) bond motifs is 1. The highest BCUT2D eigenvalue weighted by Gasteiger charge is 2.41. The predicted molar refractivity (Wildman–Crippen MR) is 84.0 cm³/mol. The van der Waals surface area contributed by atoms with Crippen molar-refractivity contribution >= 4 is 42.6 Å². The number of anilines is 1. The lowest BCUT2D eigenvalue weighted by Crippen LogP contribution is -2.17. The van der Waals surface area contributed by atoms with Crippen LogP contribution < -0.4 is 5.32 Å². The first-order valence-corrected chi connectivity index (χ1v) is 8.11. The van der Waals surface area contributed by atoms with Crippen molar-refractivity contribution in [2.24, 2.45) is 5.41 Å². The number of halogens is 1. The average Bonchev–Trinajstić information content (AvgIpc) is 3.06. The summed E-state index contributed by atoms with van der Waals surface area (Å²) in [5.41, 5.74) is 1.52. The molecular weight excluding hydrogens is 324 g/mol. The summed E-state index contributed by atoms with van der Waals surface area (Å²) < 4.78 is 7.51. The van der Waals surface area contributed by atoms with E-state index in [1.54, 1.807) is 18.4 Å². The Morgan fingerprint density at radius 3 is 3.05 bits per heavy atom. The van der Waals surface area contributed by atoms with Gasteiger partial charge in [-0.05, 0) is 42.9 Å². The van der Waals surface area contributed by atoms with Gasteiger partial charge in [-0.3, -0.25) is 0 Å². The normalized spacial score (nSPS) is 16.7. The molecule has 5 heteroatoms. The number of methoxy groups -OCH3 is 1. The second kappa shape index (κ2) is 5.38. The van der Waals surface area contributed by atoms with Gasteiger partial charge in [0.1, 0.15) is 0 Å². The van der Waals surface area contributed by atoms with Crippen molar-refractivity contribution in [3.05, 3.63) is 22.7 Å². The molecule has 0 amide bonds. The molecule has 1 aliphatic carbocycles. The molecular formula is C14H17BrN2OS. The largest absolute Gasteiger partial charge is 0.385 e. The lowest BCUT2D eigenvalue weighted by molar-refractivity contribution is 0.175. The van der Waals surface area contributed by atoms with Crippen LogP contribution in [0, 0.1) is 5.41 Å². The Balaban J connectivity index is 1.65. The van der Waals surface area contributed by atoms with Gasteiger partial charge in [-0.1, -0.05) is 27.3 Å². The molecule has 3 nitrogen and oxygen atoms in total. The highest BCUT2D eigenvalue weighted by molar-refractivity contribution is 9.10. The van der Waals surface area contributed by atoms with E-state index in [4.69, 9.17) is 4.74 Å². The van der Waals surface area contributed by atoms with Crippen molar-refractivity contribution in [3.8, 4) is 0 Å². The minimum absolute atomic E-state index is 0.453. The van der Waals surface area contributed by atoms with Crippen LogP contribution in [0.2, 0.25) is 0 Å². The van der Waals surface area contributed by atoms with E-state index in [-0.39, 0.29) is 0 Å². The summed E-state index contributed by atoms with van der Waals surface area (Å²) in [4.78, 5) is 4.62. The topological polar surface area (TPSA) is 34.1 Å². The zero-order valence-electron chi connectivity index (χ0n) is 10.9. The number of benzene rings is 1. The summed E-state index contributed by atoms with van der Waals surface area (Å²) in [6.45, 7) is 1.87. The summed E-state index contributed by atoms with van der Waals surface area (Å²) >= 11 is 5.22. The van der Waals surface area contributed by atoms with Crippen molar-refractivity contribution in [1.82, 2.24) is 4.98 Å². The second-order valence-corrected chi connectivity index (χ2v) is 7.17. The zero-order valence-corrected chi connectivity index (χ0v) is 13.3. The minimum atomic E-state index is 0.453. The maximum Gasteiger partial charge on any atom is 0.183 e. The van der Waals surface area contributed by atoms with Crippen LogP contribution in [0.5, 0.6) is 0 Å². The van der Waals surface area contributed by atoms with Gasteiger partial charge in [0.15, 0.2) is 5.13 Å². The molecule has 0 radical (unpaired) electrons. The summed E-state index contributed by atoms with van der Waals surface area (Å²) in [6.07, 6.45) is 3.76. The predicted octanol–water partition coefficient (Wildman–Crippen LogP) is 4.29. The molecule has 1 saturated carbocycles. The molecule has 1 aliphatic rings. The molecule has 2 aromatic rings. The van der Waals surface area contributed by atoms with Crippen LogP contribution in [0.25, 0.3) is 10.2 Å². The molecule has 1 fully saturated rings. The third-order valence-electron chi connectivity index (χ3n) is 3.76. The van der Waals surface area contributed by atoms with Crippen molar-refractivity contribution < 1.29 is 4.74 Å². The van der Waals surface area contributed by atoms with Gasteiger partial charge in [0.25, 0.3) is 0 Å². The van der Waals surface area contributed by atoms with E-state index < -0.39 is 0 Å². The Bertz CT molecular complexity index is 580. The Labute approximate surface area is 125 Å². The number of ether oxygens (including phenoxy) is 1. The molecule has 1 N–H and O–H groups in total. The molecule has 0 unspecified atom stereocenters. The van der Waals surface area contributed by atoms with Crippen LogP contribution in [0.15, 0.2) is 22.7 Å². The average molecular weight is 341 g/mol. The van der Waals surface area contributed by atoms with E-state index in [1.165, 1.54) is 17.5 Å². The number of aromatic nitrogens is 1. The van der Waals surface area contributed by atoms with Gasteiger partial charge >= 0.3 is 0 Å². The van der Waals surface area contributed by atoms with Gasteiger partial charge in [-0.25, -0.2) is 4.98 Å². The molecule has 0 atom stereocenters. The number of hydrogen-bond acceptors (Lipinski definition) is 4. The highest BCUT2D eigenvalue weighted by atomic mass is 79.9. The van der Waals surface area contributed by atoms with E-state index in [1.807, 2.05) is 6.07 Å². The van der Waals surface area contributed by atoms with Crippen molar-refractivity contribution in [2.45, 2.75) is 19.3 Å². The second-order valence-electron chi connectivity index (χ2n) is 5.23. The first-order chi connectivity index (χ1) is 9.21.